The summed E-state index contributed by atoms with van der Waals surface area (Å²) < 4.78 is 6.56. The molecule has 0 saturated heterocycles. The Morgan fingerprint density at radius 2 is 2.15 bits per heavy atom. The Kier molecular flexibility index (Phi) is 4.62. The molecule has 2 heterocycles. The number of aromatic amines is 1. The Labute approximate surface area is 157 Å². The summed E-state index contributed by atoms with van der Waals surface area (Å²) in [6.45, 7) is 3.71. The zero-order valence-electron chi connectivity index (χ0n) is 13.2. The van der Waals surface area contributed by atoms with Gasteiger partial charge in [0.1, 0.15) is 11.3 Å². The standard InChI is InChI=1S/C17H12ClN3O4S/c1-2-5-21-16(24)11(15(23)20-17(21)26)7-10-13(22)9-6-8(18)3-4-12(9)25-14(10)19/h2-4,6-7,19,24H,1,5H2,(H,20,23,26). The zero-order chi connectivity index (χ0) is 19.0. The minimum absolute atomic E-state index is 0.00738. The van der Waals surface area contributed by atoms with Crippen LogP contribution in [0.5, 0.6) is 11.6 Å². The van der Waals surface area contributed by atoms with Crippen LogP contribution in [0.1, 0.15) is 15.9 Å². The van der Waals surface area contributed by atoms with Crippen molar-refractivity contribution in [1.82, 2.24) is 9.55 Å². The van der Waals surface area contributed by atoms with Crippen molar-refractivity contribution in [2.75, 3.05) is 0 Å². The smallest absolute Gasteiger partial charge is 0.262 e. The summed E-state index contributed by atoms with van der Waals surface area (Å²) in [7, 11) is 0. The number of nitrogens with one attached hydrogen (secondary N) is 2. The highest BCUT2D eigenvalue weighted by Gasteiger charge is 2.29. The van der Waals surface area contributed by atoms with Crippen molar-refractivity contribution in [2.45, 2.75) is 6.54 Å². The molecule has 1 aromatic heterocycles. The van der Waals surface area contributed by atoms with Crippen LogP contribution in [-0.2, 0) is 6.54 Å². The van der Waals surface area contributed by atoms with Gasteiger partial charge in [-0.3, -0.25) is 24.5 Å². The van der Waals surface area contributed by atoms with Crippen LogP contribution in [0.2, 0.25) is 5.02 Å². The molecule has 1 aliphatic rings. The number of rotatable bonds is 3. The molecule has 0 atom stereocenters. The number of hydrogen-bond acceptors (Lipinski definition) is 6. The van der Waals surface area contributed by atoms with Crippen molar-refractivity contribution in [3.05, 3.63) is 67.7 Å². The van der Waals surface area contributed by atoms with E-state index in [0.717, 1.165) is 6.08 Å². The molecule has 0 radical (unpaired) electrons. The summed E-state index contributed by atoms with van der Waals surface area (Å²) in [6.07, 6.45) is 2.58. The molecule has 3 N–H and O–H groups in total. The second-order valence-electron chi connectivity index (χ2n) is 5.35. The van der Waals surface area contributed by atoms with Crippen LogP contribution in [0.15, 0.2) is 41.2 Å². The lowest BCUT2D eigenvalue weighted by Gasteiger charge is -2.19. The van der Waals surface area contributed by atoms with Crippen molar-refractivity contribution in [3.8, 4) is 11.6 Å². The predicted molar refractivity (Wildman–Crippen MR) is 99.9 cm³/mol. The number of aromatic nitrogens is 2. The number of aromatic hydroxyl groups is 1. The molecule has 1 aromatic carbocycles. The molecule has 9 heteroatoms. The molecule has 0 aliphatic carbocycles. The topological polar surface area (TPSA) is 108 Å². The van der Waals surface area contributed by atoms with Crippen molar-refractivity contribution in [1.29, 1.82) is 5.41 Å². The average molecular weight is 390 g/mol. The summed E-state index contributed by atoms with van der Waals surface area (Å²) in [5.41, 5.74) is -0.946. The van der Waals surface area contributed by atoms with Gasteiger partial charge in [0.25, 0.3) is 5.56 Å². The maximum absolute atomic E-state index is 12.7. The molecule has 0 unspecified atom stereocenters. The number of fused-ring (bicyclic) bond motifs is 1. The summed E-state index contributed by atoms with van der Waals surface area (Å²) >= 11 is 10.9. The van der Waals surface area contributed by atoms with Gasteiger partial charge in [-0.1, -0.05) is 17.7 Å². The second-order valence-corrected chi connectivity index (χ2v) is 6.18. The first-order valence-electron chi connectivity index (χ1n) is 7.33. The third kappa shape index (κ3) is 3.00. The highest BCUT2D eigenvalue weighted by Crippen LogP contribution is 2.31. The van der Waals surface area contributed by atoms with E-state index in [1.165, 1.54) is 28.8 Å². The van der Waals surface area contributed by atoms with E-state index in [0.29, 0.717) is 5.02 Å². The number of ether oxygens (including phenoxy) is 1. The highest BCUT2D eigenvalue weighted by molar-refractivity contribution is 7.71. The number of benzene rings is 1. The molecular formula is C17H12ClN3O4S. The minimum Gasteiger partial charge on any atom is -0.494 e. The maximum atomic E-state index is 12.7. The van der Waals surface area contributed by atoms with Gasteiger partial charge >= 0.3 is 0 Å². The molecular weight excluding hydrogens is 378 g/mol. The molecule has 26 heavy (non-hydrogen) atoms. The van der Waals surface area contributed by atoms with Gasteiger partial charge in [0.15, 0.2) is 4.77 Å². The third-order valence-corrected chi connectivity index (χ3v) is 4.25. The lowest BCUT2D eigenvalue weighted by Crippen LogP contribution is -2.25. The molecule has 0 amide bonds. The van der Waals surface area contributed by atoms with Crippen LogP contribution in [0, 0.1) is 10.2 Å². The van der Waals surface area contributed by atoms with E-state index >= 15 is 0 Å². The maximum Gasteiger partial charge on any atom is 0.262 e. The Hall–Kier alpha value is -2.97. The average Bonchev–Trinajstić information content (AvgIpc) is 2.58. The van der Waals surface area contributed by atoms with E-state index < -0.39 is 23.1 Å². The van der Waals surface area contributed by atoms with E-state index in [-0.39, 0.29) is 33.8 Å². The molecule has 0 bridgehead atoms. The lowest BCUT2D eigenvalue weighted by atomic mass is 9.98. The minimum atomic E-state index is -0.696. The van der Waals surface area contributed by atoms with Crippen molar-refractivity contribution < 1.29 is 14.6 Å². The summed E-state index contributed by atoms with van der Waals surface area (Å²) in [5.74, 6) is -1.23. The van der Waals surface area contributed by atoms with Crippen molar-refractivity contribution in [2.24, 2.45) is 0 Å². The van der Waals surface area contributed by atoms with E-state index in [2.05, 4.69) is 11.6 Å². The SMILES string of the molecule is C=CCn1c(O)c(C=C2C(=N)Oc3ccc(Cl)cc3C2=O)c(=O)[nH]c1=S. The van der Waals surface area contributed by atoms with Gasteiger partial charge in [0, 0.05) is 11.6 Å². The number of nitrogens with zero attached hydrogens (tertiary/aromatic N) is 1. The number of halogens is 1. The predicted octanol–water partition coefficient (Wildman–Crippen LogP) is 3.09. The number of hydrogen-bond donors (Lipinski definition) is 3. The zero-order valence-corrected chi connectivity index (χ0v) is 14.8. The quantitative estimate of drug-likeness (QED) is 0.424. The van der Waals surface area contributed by atoms with Crippen LogP contribution in [0.4, 0.5) is 0 Å². The number of carbonyl (C=O) groups is 1. The molecule has 132 valence electrons. The molecule has 7 nitrogen and oxygen atoms in total. The second kappa shape index (κ2) is 6.74. The van der Waals surface area contributed by atoms with Gasteiger partial charge in [-0.15, -0.1) is 6.58 Å². The van der Waals surface area contributed by atoms with E-state index in [1.54, 1.807) is 0 Å². The fourth-order valence-corrected chi connectivity index (χ4v) is 2.89. The summed E-state index contributed by atoms with van der Waals surface area (Å²) in [5, 5.41) is 18.6. The van der Waals surface area contributed by atoms with Gasteiger partial charge in [-0.05, 0) is 36.5 Å². The number of Topliss-reactive ketones (excluding diaryl/α,β-unsaturated/α-hetero) is 1. The molecule has 3 rings (SSSR count). The van der Waals surface area contributed by atoms with Gasteiger partial charge in [0.05, 0.1) is 11.1 Å². The van der Waals surface area contributed by atoms with Crippen LogP contribution in [0.25, 0.3) is 6.08 Å². The van der Waals surface area contributed by atoms with Gasteiger partial charge in [0.2, 0.25) is 17.6 Å². The fraction of sp³-hybridized carbons (Fsp3) is 0.0588. The van der Waals surface area contributed by atoms with Crippen LogP contribution < -0.4 is 10.3 Å². The van der Waals surface area contributed by atoms with E-state index in [9.17, 15) is 14.7 Å². The van der Waals surface area contributed by atoms with Crippen LogP contribution in [0.3, 0.4) is 0 Å². The molecule has 2 aromatic rings. The monoisotopic (exact) mass is 389 g/mol. The normalized spacial score (nSPS) is 14.9. The van der Waals surface area contributed by atoms with Gasteiger partial charge < -0.3 is 9.84 Å². The van der Waals surface area contributed by atoms with E-state index in [4.69, 9.17) is 34.0 Å². The van der Waals surface area contributed by atoms with Gasteiger partial charge in [-0.25, -0.2) is 0 Å². The number of ketones is 1. The first-order chi connectivity index (χ1) is 12.3. The third-order valence-electron chi connectivity index (χ3n) is 3.69. The first kappa shape index (κ1) is 17.8. The number of carbonyl (C=O) groups excluding carboxylic acids is 1. The van der Waals surface area contributed by atoms with Crippen LogP contribution >= 0.6 is 23.8 Å². The molecule has 0 saturated carbocycles. The van der Waals surface area contributed by atoms with Crippen molar-refractivity contribution in [3.63, 3.8) is 0 Å². The van der Waals surface area contributed by atoms with Crippen LogP contribution in [-0.4, -0.2) is 26.3 Å². The number of allylic oxidation sites excluding steroid dienone is 1. The Morgan fingerprint density at radius 3 is 2.85 bits per heavy atom. The Bertz CT molecular complexity index is 1110. The Morgan fingerprint density at radius 1 is 1.42 bits per heavy atom. The Balaban J connectivity index is 2.19. The largest absolute Gasteiger partial charge is 0.494 e. The number of H-pyrrole nitrogens is 1. The molecule has 0 fully saturated rings. The lowest BCUT2D eigenvalue weighted by molar-refractivity contribution is 0.103. The van der Waals surface area contributed by atoms with E-state index in [1.807, 2.05) is 0 Å². The summed E-state index contributed by atoms with van der Waals surface area (Å²) in [6, 6.07) is 4.43. The first-order valence-corrected chi connectivity index (χ1v) is 8.11. The van der Waals surface area contributed by atoms with Gasteiger partial charge in [-0.2, -0.15) is 0 Å². The van der Waals surface area contributed by atoms with Crippen molar-refractivity contribution >= 4 is 41.6 Å². The highest BCUT2D eigenvalue weighted by atomic mass is 35.5. The summed E-state index contributed by atoms with van der Waals surface area (Å²) in [4.78, 5) is 27.3. The molecule has 0 spiro atoms. The molecule has 1 aliphatic heterocycles. The fourth-order valence-electron chi connectivity index (χ4n) is 2.46.